The number of carbonyl (C=O) groups is 2. The molecule has 0 bridgehead atoms. The molecule has 22 heavy (non-hydrogen) atoms. The lowest BCUT2D eigenvalue weighted by molar-refractivity contribution is -0.121. The summed E-state index contributed by atoms with van der Waals surface area (Å²) < 4.78 is 1.67. The lowest BCUT2D eigenvalue weighted by Crippen LogP contribution is -2.41. The summed E-state index contributed by atoms with van der Waals surface area (Å²) in [5, 5.41) is 6.11. The van der Waals surface area contributed by atoms with E-state index in [-0.39, 0.29) is 12.6 Å². The molecule has 1 aromatic carbocycles. The number of urea groups is 1. The Hall–Kier alpha value is -2.74. The summed E-state index contributed by atoms with van der Waals surface area (Å²) in [5.74, 6) is -0.430. The second-order valence-electron chi connectivity index (χ2n) is 4.94. The van der Waals surface area contributed by atoms with E-state index in [1.807, 2.05) is 41.4 Å². The molecule has 0 saturated carbocycles. The van der Waals surface area contributed by atoms with Crippen molar-refractivity contribution in [3.63, 3.8) is 0 Å². The highest BCUT2D eigenvalue weighted by atomic mass is 16.2. The third kappa shape index (κ3) is 3.89. The highest BCUT2D eigenvalue weighted by Crippen LogP contribution is 2.19. The van der Waals surface area contributed by atoms with Crippen molar-refractivity contribution >= 4 is 11.9 Å². The maximum Gasteiger partial charge on any atom is 0.318 e. The normalized spacial score (nSPS) is 12.1. The molecule has 3 N–H and O–H groups in total. The summed E-state index contributed by atoms with van der Waals surface area (Å²) in [6, 6.07) is 6.94. The van der Waals surface area contributed by atoms with Gasteiger partial charge in [0.05, 0.1) is 12.2 Å². The number of imide groups is 1. The van der Waals surface area contributed by atoms with Crippen molar-refractivity contribution in [3.8, 4) is 5.69 Å². The molecule has 2 rings (SSSR count). The van der Waals surface area contributed by atoms with E-state index in [1.54, 1.807) is 18.1 Å². The third-order valence-corrected chi connectivity index (χ3v) is 3.38. The Morgan fingerprint density at radius 1 is 1.36 bits per heavy atom. The second-order valence-corrected chi connectivity index (χ2v) is 4.94. The Morgan fingerprint density at radius 2 is 2.05 bits per heavy atom. The number of hydrogen-bond acceptors (Lipinski definition) is 5. The lowest BCUT2D eigenvalue weighted by Gasteiger charge is -2.24. The predicted octanol–water partition coefficient (Wildman–Crippen LogP) is 0.455. The van der Waals surface area contributed by atoms with Gasteiger partial charge in [-0.15, -0.1) is 0 Å². The first-order valence-electron chi connectivity index (χ1n) is 6.72. The van der Waals surface area contributed by atoms with Gasteiger partial charge in [-0.2, -0.15) is 5.10 Å². The van der Waals surface area contributed by atoms with Gasteiger partial charge in [-0.3, -0.25) is 15.0 Å². The second kappa shape index (κ2) is 6.81. The van der Waals surface area contributed by atoms with Crippen LogP contribution in [0.25, 0.3) is 5.69 Å². The van der Waals surface area contributed by atoms with Gasteiger partial charge < -0.3 is 5.73 Å². The summed E-state index contributed by atoms with van der Waals surface area (Å²) in [4.78, 5) is 27.9. The maximum absolute atomic E-state index is 11.5. The highest BCUT2D eigenvalue weighted by Gasteiger charge is 2.15. The van der Waals surface area contributed by atoms with Gasteiger partial charge in [-0.05, 0) is 31.7 Å². The SMILES string of the molecule is C[C@H](c1ccc(-n2cncn2)cc1)N(C)CC(=O)NC(N)=O. The van der Waals surface area contributed by atoms with E-state index in [4.69, 9.17) is 5.73 Å². The fourth-order valence-electron chi connectivity index (χ4n) is 2.04. The minimum atomic E-state index is -0.844. The topological polar surface area (TPSA) is 106 Å². The number of nitrogens with one attached hydrogen (secondary N) is 1. The Labute approximate surface area is 127 Å². The summed E-state index contributed by atoms with van der Waals surface area (Å²) in [5.41, 5.74) is 6.86. The van der Waals surface area contributed by atoms with E-state index in [0.29, 0.717) is 0 Å². The maximum atomic E-state index is 11.5. The summed E-state index contributed by atoms with van der Waals surface area (Å²) >= 11 is 0. The van der Waals surface area contributed by atoms with Gasteiger partial charge in [0.2, 0.25) is 5.91 Å². The number of likely N-dealkylation sites (N-methyl/N-ethyl adjacent to an activating group) is 1. The van der Waals surface area contributed by atoms with Crippen LogP contribution in [0.1, 0.15) is 18.5 Å². The minimum Gasteiger partial charge on any atom is -0.351 e. The molecule has 0 radical (unpaired) electrons. The zero-order chi connectivity index (χ0) is 16.1. The largest absolute Gasteiger partial charge is 0.351 e. The zero-order valence-electron chi connectivity index (χ0n) is 12.4. The van der Waals surface area contributed by atoms with Crippen LogP contribution in [0.3, 0.4) is 0 Å². The van der Waals surface area contributed by atoms with E-state index in [1.165, 1.54) is 6.33 Å². The van der Waals surface area contributed by atoms with Crippen molar-refractivity contribution in [3.05, 3.63) is 42.5 Å². The molecule has 0 aliphatic carbocycles. The van der Waals surface area contributed by atoms with Crippen LogP contribution in [0, 0.1) is 0 Å². The Kier molecular flexibility index (Phi) is 4.84. The van der Waals surface area contributed by atoms with Gasteiger partial charge in [-0.1, -0.05) is 12.1 Å². The Bertz CT molecular complexity index is 638. The van der Waals surface area contributed by atoms with Gasteiger partial charge >= 0.3 is 6.03 Å². The smallest absolute Gasteiger partial charge is 0.318 e. The first-order chi connectivity index (χ1) is 10.5. The average Bonchev–Trinajstić information content (AvgIpc) is 2.99. The Morgan fingerprint density at radius 3 is 2.59 bits per heavy atom. The van der Waals surface area contributed by atoms with Crippen LogP contribution < -0.4 is 11.1 Å². The van der Waals surface area contributed by atoms with Gasteiger partial charge in [0.15, 0.2) is 0 Å². The fourth-order valence-corrected chi connectivity index (χ4v) is 2.04. The summed E-state index contributed by atoms with van der Waals surface area (Å²) in [7, 11) is 1.80. The lowest BCUT2D eigenvalue weighted by atomic mass is 10.1. The number of rotatable bonds is 5. The van der Waals surface area contributed by atoms with Crippen molar-refractivity contribution in [1.82, 2.24) is 25.0 Å². The van der Waals surface area contributed by atoms with Crippen molar-refractivity contribution < 1.29 is 9.59 Å². The molecular formula is C14H18N6O2. The zero-order valence-corrected chi connectivity index (χ0v) is 12.4. The van der Waals surface area contributed by atoms with E-state index in [9.17, 15) is 9.59 Å². The number of hydrogen-bond donors (Lipinski definition) is 2. The van der Waals surface area contributed by atoms with Crippen LogP contribution in [0.2, 0.25) is 0 Å². The number of benzene rings is 1. The van der Waals surface area contributed by atoms with E-state index < -0.39 is 11.9 Å². The number of nitrogens with two attached hydrogens (primary N) is 1. The molecule has 8 heteroatoms. The first-order valence-corrected chi connectivity index (χ1v) is 6.72. The van der Waals surface area contributed by atoms with Crippen molar-refractivity contribution in [2.75, 3.05) is 13.6 Å². The average molecular weight is 302 g/mol. The molecule has 2 aromatic rings. The van der Waals surface area contributed by atoms with Crippen molar-refractivity contribution in [2.24, 2.45) is 5.73 Å². The molecule has 1 aromatic heterocycles. The molecule has 3 amide bonds. The molecule has 0 saturated heterocycles. The van der Waals surface area contributed by atoms with Crippen LogP contribution >= 0.6 is 0 Å². The Balaban J connectivity index is 2.01. The molecule has 0 aliphatic rings. The third-order valence-electron chi connectivity index (χ3n) is 3.38. The number of primary amides is 1. The molecule has 0 fully saturated rings. The van der Waals surface area contributed by atoms with Crippen molar-refractivity contribution in [1.29, 1.82) is 0 Å². The molecule has 0 unspecified atom stereocenters. The van der Waals surface area contributed by atoms with E-state index >= 15 is 0 Å². The van der Waals surface area contributed by atoms with Gasteiger partial charge in [-0.25, -0.2) is 14.5 Å². The van der Waals surface area contributed by atoms with Crippen LogP contribution in [-0.2, 0) is 4.79 Å². The van der Waals surface area contributed by atoms with Crippen LogP contribution in [0.5, 0.6) is 0 Å². The van der Waals surface area contributed by atoms with Gasteiger partial charge in [0, 0.05) is 6.04 Å². The quantitative estimate of drug-likeness (QED) is 0.834. The minimum absolute atomic E-state index is 0.00317. The van der Waals surface area contributed by atoms with Gasteiger partial charge in [0.1, 0.15) is 12.7 Å². The van der Waals surface area contributed by atoms with Crippen LogP contribution in [0.4, 0.5) is 4.79 Å². The number of aromatic nitrogens is 3. The molecular weight excluding hydrogens is 284 g/mol. The predicted molar refractivity (Wildman–Crippen MR) is 80.1 cm³/mol. The highest BCUT2D eigenvalue weighted by molar-refractivity contribution is 5.94. The number of nitrogens with zero attached hydrogens (tertiary/aromatic N) is 4. The van der Waals surface area contributed by atoms with Crippen LogP contribution in [0.15, 0.2) is 36.9 Å². The standard InChI is InChI=1S/C14H18N6O2/c1-10(19(2)7-13(21)18-14(15)22)11-3-5-12(6-4-11)20-9-16-8-17-20/h3-6,8-10H,7H2,1-2H3,(H3,15,18,21,22)/t10-/m1/s1. The van der Waals surface area contributed by atoms with Gasteiger partial charge in [0.25, 0.3) is 0 Å². The molecule has 0 aliphatic heterocycles. The fraction of sp³-hybridized carbons (Fsp3) is 0.286. The monoisotopic (exact) mass is 302 g/mol. The number of carbonyl (C=O) groups excluding carboxylic acids is 2. The summed E-state index contributed by atoms with van der Waals surface area (Å²) in [6.07, 6.45) is 3.10. The molecule has 1 heterocycles. The van der Waals surface area contributed by atoms with E-state index in [2.05, 4.69) is 10.1 Å². The summed E-state index contributed by atoms with van der Waals surface area (Å²) in [6.45, 7) is 2.05. The molecule has 0 spiro atoms. The molecule has 116 valence electrons. The molecule has 1 atom stereocenters. The van der Waals surface area contributed by atoms with Crippen LogP contribution in [-0.4, -0.2) is 45.2 Å². The number of amides is 3. The molecule has 8 nitrogen and oxygen atoms in total. The first kappa shape index (κ1) is 15.6. The van der Waals surface area contributed by atoms with E-state index in [0.717, 1.165) is 11.3 Å². The van der Waals surface area contributed by atoms with Crippen molar-refractivity contribution in [2.45, 2.75) is 13.0 Å².